The number of halogens is 1. The molecule has 1 fully saturated rings. The largest absolute Gasteiger partial charge is 0.383 e. The van der Waals surface area contributed by atoms with Crippen LogP contribution in [0.3, 0.4) is 0 Å². The molecule has 118 valence electrons. The SMILES string of the molecule is CC1CCCC(CCNc2cnn(C(C)C)c(=O)c2Br)C1. The van der Waals surface area contributed by atoms with Crippen molar-refractivity contribution in [3.63, 3.8) is 0 Å². The quantitative estimate of drug-likeness (QED) is 0.860. The van der Waals surface area contributed by atoms with Crippen LogP contribution in [0.4, 0.5) is 5.69 Å². The fourth-order valence-electron chi connectivity index (χ4n) is 3.17. The van der Waals surface area contributed by atoms with Crippen molar-refractivity contribution in [1.29, 1.82) is 0 Å². The lowest BCUT2D eigenvalue weighted by molar-refractivity contribution is 0.274. The first kappa shape index (κ1) is 16.5. The lowest BCUT2D eigenvalue weighted by Gasteiger charge is -2.26. The first-order chi connectivity index (χ1) is 9.99. The zero-order chi connectivity index (χ0) is 15.4. The first-order valence-electron chi connectivity index (χ1n) is 8.00. The van der Waals surface area contributed by atoms with Crippen LogP contribution in [0, 0.1) is 11.8 Å². The Hall–Kier alpha value is -0.840. The fourth-order valence-corrected chi connectivity index (χ4v) is 3.59. The molecule has 0 amide bonds. The van der Waals surface area contributed by atoms with Gasteiger partial charge in [0.1, 0.15) is 4.47 Å². The van der Waals surface area contributed by atoms with Gasteiger partial charge in [-0.25, -0.2) is 4.68 Å². The maximum absolute atomic E-state index is 12.2. The van der Waals surface area contributed by atoms with Crippen LogP contribution in [0.2, 0.25) is 0 Å². The molecule has 1 aromatic heterocycles. The lowest BCUT2D eigenvalue weighted by atomic mass is 9.81. The molecule has 0 aromatic carbocycles. The third kappa shape index (κ3) is 4.31. The highest BCUT2D eigenvalue weighted by atomic mass is 79.9. The monoisotopic (exact) mass is 355 g/mol. The molecule has 0 bridgehead atoms. The summed E-state index contributed by atoms with van der Waals surface area (Å²) in [5.74, 6) is 1.69. The Kier molecular flexibility index (Phi) is 5.85. The third-order valence-corrected chi connectivity index (χ3v) is 5.11. The van der Waals surface area contributed by atoms with E-state index in [-0.39, 0.29) is 11.6 Å². The minimum atomic E-state index is -0.0683. The zero-order valence-electron chi connectivity index (χ0n) is 13.2. The van der Waals surface area contributed by atoms with Crippen molar-refractivity contribution in [3.8, 4) is 0 Å². The second kappa shape index (κ2) is 7.43. The molecule has 0 spiro atoms. The van der Waals surface area contributed by atoms with Crippen molar-refractivity contribution >= 4 is 21.6 Å². The van der Waals surface area contributed by atoms with Crippen LogP contribution in [0.1, 0.15) is 58.9 Å². The molecule has 2 atom stereocenters. The Morgan fingerprint density at radius 1 is 1.48 bits per heavy atom. The van der Waals surface area contributed by atoms with E-state index in [4.69, 9.17) is 0 Å². The van der Waals surface area contributed by atoms with E-state index in [9.17, 15) is 4.79 Å². The molecule has 0 saturated heterocycles. The van der Waals surface area contributed by atoms with E-state index in [1.54, 1.807) is 6.20 Å². The van der Waals surface area contributed by atoms with E-state index in [0.717, 1.165) is 24.1 Å². The van der Waals surface area contributed by atoms with E-state index < -0.39 is 0 Å². The molecular weight excluding hydrogens is 330 g/mol. The summed E-state index contributed by atoms with van der Waals surface area (Å²) >= 11 is 3.40. The minimum absolute atomic E-state index is 0.0683. The van der Waals surface area contributed by atoms with Crippen molar-refractivity contribution in [2.75, 3.05) is 11.9 Å². The topological polar surface area (TPSA) is 46.9 Å². The van der Waals surface area contributed by atoms with Crippen LogP contribution in [0.25, 0.3) is 0 Å². The second-order valence-electron chi connectivity index (χ2n) is 6.57. The first-order valence-corrected chi connectivity index (χ1v) is 8.79. The molecule has 4 nitrogen and oxygen atoms in total. The molecular formula is C16H26BrN3O. The number of aromatic nitrogens is 2. The molecule has 1 saturated carbocycles. The van der Waals surface area contributed by atoms with Crippen LogP contribution < -0.4 is 10.9 Å². The van der Waals surface area contributed by atoms with Gasteiger partial charge in [-0.2, -0.15) is 5.10 Å². The van der Waals surface area contributed by atoms with Crippen molar-refractivity contribution in [2.24, 2.45) is 11.8 Å². The van der Waals surface area contributed by atoms with Gasteiger partial charge in [0.05, 0.1) is 17.9 Å². The smallest absolute Gasteiger partial charge is 0.283 e. The van der Waals surface area contributed by atoms with Gasteiger partial charge in [0, 0.05) is 6.54 Å². The Morgan fingerprint density at radius 2 is 2.24 bits per heavy atom. The van der Waals surface area contributed by atoms with Crippen LogP contribution in [-0.2, 0) is 0 Å². The summed E-state index contributed by atoms with van der Waals surface area (Å²) < 4.78 is 2.08. The van der Waals surface area contributed by atoms with Crippen LogP contribution in [0.5, 0.6) is 0 Å². The summed E-state index contributed by atoms with van der Waals surface area (Å²) in [6.45, 7) is 7.17. The van der Waals surface area contributed by atoms with Gasteiger partial charge in [-0.3, -0.25) is 4.79 Å². The number of anilines is 1. The molecule has 2 rings (SSSR count). The molecule has 1 aliphatic rings. The Morgan fingerprint density at radius 3 is 2.90 bits per heavy atom. The van der Waals surface area contributed by atoms with Gasteiger partial charge in [0.25, 0.3) is 5.56 Å². The number of nitrogens with one attached hydrogen (secondary N) is 1. The van der Waals surface area contributed by atoms with Gasteiger partial charge < -0.3 is 5.32 Å². The van der Waals surface area contributed by atoms with Crippen molar-refractivity contribution in [1.82, 2.24) is 9.78 Å². The third-order valence-electron chi connectivity index (χ3n) is 4.35. The summed E-state index contributed by atoms with van der Waals surface area (Å²) in [5, 5.41) is 7.59. The Bertz CT molecular complexity index is 527. The maximum Gasteiger partial charge on any atom is 0.283 e. The van der Waals surface area contributed by atoms with E-state index >= 15 is 0 Å². The predicted molar refractivity (Wildman–Crippen MR) is 90.8 cm³/mol. The molecule has 0 aliphatic heterocycles. The van der Waals surface area contributed by atoms with Gasteiger partial charge in [0.2, 0.25) is 0 Å². The predicted octanol–water partition coefficient (Wildman–Crippen LogP) is 4.22. The fraction of sp³-hybridized carbons (Fsp3) is 0.750. The Balaban J connectivity index is 1.92. The summed E-state index contributed by atoms with van der Waals surface area (Å²) in [4.78, 5) is 12.2. The normalized spacial score (nSPS) is 22.5. The lowest BCUT2D eigenvalue weighted by Crippen LogP contribution is -2.26. The zero-order valence-corrected chi connectivity index (χ0v) is 14.8. The highest BCUT2D eigenvalue weighted by Crippen LogP contribution is 2.30. The van der Waals surface area contributed by atoms with Gasteiger partial charge in [-0.05, 0) is 54.5 Å². The summed E-state index contributed by atoms with van der Waals surface area (Å²) in [5.41, 5.74) is 0.738. The molecule has 21 heavy (non-hydrogen) atoms. The van der Waals surface area contributed by atoms with Crippen LogP contribution in [-0.4, -0.2) is 16.3 Å². The average molecular weight is 356 g/mol. The second-order valence-corrected chi connectivity index (χ2v) is 7.36. The average Bonchev–Trinajstić information content (AvgIpc) is 2.43. The highest BCUT2D eigenvalue weighted by molar-refractivity contribution is 9.10. The molecule has 2 unspecified atom stereocenters. The van der Waals surface area contributed by atoms with Gasteiger partial charge in [-0.1, -0.05) is 26.2 Å². The minimum Gasteiger partial charge on any atom is -0.383 e. The molecule has 1 aromatic rings. The molecule has 1 heterocycles. The Labute approximate surface area is 135 Å². The number of hydrogen-bond donors (Lipinski definition) is 1. The maximum atomic E-state index is 12.2. The summed E-state index contributed by atoms with van der Waals surface area (Å²) in [6, 6.07) is 0.0755. The number of nitrogens with zero attached hydrogens (tertiary/aromatic N) is 2. The van der Waals surface area contributed by atoms with Gasteiger partial charge in [0.15, 0.2) is 0 Å². The van der Waals surface area contributed by atoms with Crippen molar-refractivity contribution < 1.29 is 0 Å². The van der Waals surface area contributed by atoms with E-state index in [0.29, 0.717) is 4.47 Å². The number of hydrogen-bond acceptors (Lipinski definition) is 3. The van der Waals surface area contributed by atoms with E-state index in [1.807, 2.05) is 13.8 Å². The molecule has 5 heteroatoms. The van der Waals surface area contributed by atoms with Crippen LogP contribution in [0.15, 0.2) is 15.5 Å². The van der Waals surface area contributed by atoms with Gasteiger partial charge >= 0.3 is 0 Å². The molecule has 0 radical (unpaired) electrons. The van der Waals surface area contributed by atoms with Crippen molar-refractivity contribution in [3.05, 3.63) is 21.0 Å². The molecule has 1 N–H and O–H groups in total. The van der Waals surface area contributed by atoms with Crippen molar-refractivity contribution in [2.45, 2.75) is 58.9 Å². The van der Waals surface area contributed by atoms with Crippen LogP contribution >= 0.6 is 15.9 Å². The van der Waals surface area contributed by atoms with E-state index in [2.05, 4.69) is 33.3 Å². The van der Waals surface area contributed by atoms with E-state index in [1.165, 1.54) is 36.8 Å². The summed E-state index contributed by atoms with van der Waals surface area (Å²) in [7, 11) is 0. The standard InChI is InChI=1S/C16H26BrN3O/c1-11(2)20-16(21)15(17)14(10-19-20)18-8-7-13-6-4-5-12(3)9-13/h10-13,18H,4-9H2,1-3H3. The van der Waals surface area contributed by atoms with Gasteiger partial charge in [-0.15, -0.1) is 0 Å². The molecule has 1 aliphatic carbocycles. The number of rotatable bonds is 5. The summed E-state index contributed by atoms with van der Waals surface area (Å²) in [6.07, 6.45) is 8.35. The highest BCUT2D eigenvalue weighted by Gasteiger charge is 2.18.